The molecule has 0 fully saturated rings. The van der Waals surface area contributed by atoms with Gasteiger partial charge in [0.25, 0.3) is 0 Å². The Hall–Kier alpha value is -3.08. The van der Waals surface area contributed by atoms with Gasteiger partial charge in [-0.25, -0.2) is 9.18 Å². The molecular weight excluding hydrogens is 484 g/mol. The van der Waals surface area contributed by atoms with Gasteiger partial charge >= 0.3 is 5.97 Å². The Morgan fingerprint density at radius 1 is 1.29 bits per heavy atom. The van der Waals surface area contributed by atoms with Crippen LogP contribution in [0.15, 0.2) is 90.2 Å². The van der Waals surface area contributed by atoms with Gasteiger partial charge in [0.05, 0.1) is 5.69 Å². The largest absolute Gasteiger partial charge is 0.478 e. The number of halogens is 3. The zero-order valence-corrected chi connectivity index (χ0v) is 21.4. The monoisotopic (exact) mass is 511 g/mol. The second kappa shape index (κ2) is 11.6. The maximum atomic E-state index is 15.2. The van der Waals surface area contributed by atoms with Crippen LogP contribution in [0.2, 0.25) is 10.0 Å². The zero-order chi connectivity index (χ0) is 25.7. The summed E-state index contributed by atoms with van der Waals surface area (Å²) in [6, 6.07) is 7.14. The molecule has 1 aromatic carbocycles. The number of benzene rings is 1. The standard InChI is InChI=1S/C29H28Cl2FNO2/c1-5-23(24-10-9-22(30)16-25(24)31)28(19(4)15-26(32)29-17(2)12-13-33-29)21-7-6-20(18(3)14-21)8-11-27(34)35/h6-16,18,20,33H,4-5H2,1-3H3,(H,34,35)/b11-8+,26-15+,28-23-. The Balaban J connectivity index is 2.16. The molecule has 2 N–H and O–H groups in total. The van der Waals surface area contributed by atoms with Gasteiger partial charge in [-0.1, -0.05) is 74.0 Å². The molecule has 3 nitrogen and oxygen atoms in total. The van der Waals surface area contributed by atoms with Gasteiger partial charge in [-0.3, -0.25) is 0 Å². The van der Waals surface area contributed by atoms with Crippen molar-refractivity contribution < 1.29 is 14.3 Å². The third kappa shape index (κ3) is 6.33. The molecule has 2 aromatic rings. The number of rotatable bonds is 8. The first kappa shape index (κ1) is 26.5. The van der Waals surface area contributed by atoms with Gasteiger partial charge in [-0.05, 0) is 77.0 Å². The summed E-state index contributed by atoms with van der Waals surface area (Å²) in [6.07, 6.45) is 12.5. The maximum Gasteiger partial charge on any atom is 0.327 e. The molecule has 0 radical (unpaired) electrons. The molecule has 1 aliphatic carbocycles. The fraction of sp³-hybridized carbons (Fsp3) is 0.207. The number of hydrogen-bond acceptors (Lipinski definition) is 1. The van der Waals surface area contributed by atoms with E-state index in [2.05, 4.69) is 17.6 Å². The molecule has 35 heavy (non-hydrogen) atoms. The van der Waals surface area contributed by atoms with Crippen LogP contribution in [-0.4, -0.2) is 16.1 Å². The van der Waals surface area contributed by atoms with Crippen molar-refractivity contribution in [2.45, 2.75) is 27.2 Å². The van der Waals surface area contributed by atoms with Gasteiger partial charge in [0.2, 0.25) is 0 Å². The Kier molecular flexibility index (Phi) is 8.76. The Labute approximate surface area is 215 Å². The summed E-state index contributed by atoms with van der Waals surface area (Å²) >= 11 is 12.7. The van der Waals surface area contributed by atoms with Crippen LogP contribution in [0.5, 0.6) is 0 Å². The van der Waals surface area contributed by atoms with Gasteiger partial charge in [0.15, 0.2) is 0 Å². The molecule has 0 amide bonds. The first-order valence-corrected chi connectivity index (χ1v) is 12.1. The smallest absolute Gasteiger partial charge is 0.327 e. The number of hydrogen-bond donors (Lipinski definition) is 2. The third-order valence-corrected chi connectivity index (χ3v) is 6.57. The molecule has 2 atom stereocenters. The average Bonchev–Trinajstić information content (AvgIpc) is 3.23. The minimum atomic E-state index is -0.986. The zero-order valence-electron chi connectivity index (χ0n) is 19.9. The van der Waals surface area contributed by atoms with E-state index in [-0.39, 0.29) is 11.8 Å². The predicted octanol–water partition coefficient (Wildman–Crippen LogP) is 8.75. The van der Waals surface area contributed by atoms with Crippen molar-refractivity contribution in [2.75, 3.05) is 0 Å². The van der Waals surface area contributed by atoms with Gasteiger partial charge in [-0.15, -0.1) is 0 Å². The number of aromatic nitrogens is 1. The normalized spacial score (nSPS) is 19.0. The van der Waals surface area contributed by atoms with E-state index in [0.717, 1.165) is 33.9 Å². The molecule has 6 heteroatoms. The highest BCUT2D eigenvalue weighted by atomic mass is 35.5. The van der Waals surface area contributed by atoms with Crippen LogP contribution >= 0.6 is 23.2 Å². The van der Waals surface area contributed by atoms with Gasteiger partial charge < -0.3 is 10.1 Å². The fourth-order valence-electron chi connectivity index (χ4n) is 4.23. The number of carboxylic acids is 1. The number of carbonyl (C=O) groups is 1. The Bertz CT molecular complexity index is 1290. The van der Waals surface area contributed by atoms with E-state index >= 15 is 4.39 Å². The van der Waals surface area contributed by atoms with E-state index in [1.54, 1.807) is 24.4 Å². The van der Waals surface area contributed by atoms with Crippen LogP contribution in [0.25, 0.3) is 11.4 Å². The lowest BCUT2D eigenvalue weighted by Crippen LogP contribution is -2.11. The quantitative estimate of drug-likeness (QED) is 0.274. The van der Waals surface area contributed by atoms with Gasteiger partial charge in [0, 0.05) is 28.2 Å². The summed E-state index contributed by atoms with van der Waals surface area (Å²) in [6.45, 7) is 10.1. The molecule has 2 unspecified atom stereocenters. The second-order valence-corrected chi connectivity index (χ2v) is 9.34. The number of carboxylic acid groups (broad SMARTS) is 1. The summed E-state index contributed by atoms with van der Waals surface area (Å²) in [7, 11) is 0. The molecule has 3 rings (SSSR count). The van der Waals surface area contributed by atoms with Crippen molar-refractivity contribution in [3.05, 3.63) is 117 Å². The number of nitrogens with one attached hydrogen (secondary N) is 1. The molecule has 1 aliphatic rings. The summed E-state index contributed by atoms with van der Waals surface area (Å²) in [5.74, 6) is -1.45. The third-order valence-electron chi connectivity index (χ3n) is 6.03. The van der Waals surface area contributed by atoms with Crippen LogP contribution in [-0.2, 0) is 4.79 Å². The van der Waals surface area contributed by atoms with Crippen molar-refractivity contribution in [2.24, 2.45) is 11.8 Å². The molecule has 0 aliphatic heterocycles. The Morgan fingerprint density at radius 2 is 2.03 bits per heavy atom. The van der Waals surface area contributed by atoms with Crippen molar-refractivity contribution in [1.29, 1.82) is 0 Å². The Morgan fingerprint density at radius 3 is 2.60 bits per heavy atom. The molecular formula is C29H28Cl2FNO2. The topological polar surface area (TPSA) is 53.1 Å². The van der Waals surface area contributed by atoms with Crippen LogP contribution in [0.1, 0.15) is 37.1 Å². The van der Waals surface area contributed by atoms with Gasteiger partial charge in [-0.2, -0.15) is 0 Å². The average molecular weight is 512 g/mol. The number of aliphatic carboxylic acids is 1. The molecule has 1 aromatic heterocycles. The number of aryl methyl sites for hydroxylation is 1. The molecule has 182 valence electrons. The molecule has 0 saturated heterocycles. The van der Waals surface area contributed by atoms with E-state index in [4.69, 9.17) is 28.3 Å². The van der Waals surface area contributed by atoms with E-state index < -0.39 is 11.8 Å². The van der Waals surface area contributed by atoms with E-state index in [9.17, 15) is 4.79 Å². The summed E-state index contributed by atoms with van der Waals surface area (Å²) in [4.78, 5) is 13.9. The van der Waals surface area contributed by atoms with Gasteiger partial charge in [0.1, 0.15) is 5.83 Å². The van der Waals surface area contributed by atoms with Crippen LogP contribution in [0.4, 0.5) is 4.39 Å². The minimum absolute atomic E-state index is 0.0201. The highest BCUT2D eigenvalue weighted by Crippen LogP contribution is 2.39. The van der Waals surface area contributed by atoms with Crippen LogP contribution in [0.3, 0.4) is 0 Å². The molecule has 0 spiro atoms. The first-order valence-electron chi connectivity index (χ1n) is 11.3. The number of aromatic amines is 1. The lowest BCUT2D eigenvalue weighted by Gasteiger charge is -2.24. The first-order chi connectivity index (χ1) is 16.6. The van der Waals surface area contributed by atoms with Crippen molar-refractivity contribution in [1.82, 2.24) is 4.98 Å². The lowest BCUT2D eigenvalue weighted by atomic mass is 9.80. The van der Waals surface area contributed by atoms with E-state index in [0.29, 0.717) is 27.7 Å². The van der Waals surface area contributed by atoms with Crippen molar-refractivity contribution in [3.8, 4) is 0 Å². The minimum Gasteiger partial charge on any atom is -0.478 e. The lowest BCUT2D eigenvalue weighted by molar-refractivity contribution is -0.131. The number of H-pyrrole nitrogens is 1. The molecule has 1 heterocycles. The molecule has 0 bridgehead atoms. The van der Waals surface area contributed by atoms with E-state index in [1.165, 1.54) is 6.08 Å². The summed E-state index contributed by atoms with van der Waals surface area (Å²) in [5, 5.41) is 10.0. The fourth-order valence-corrected chi connectivity index (χ4v) is 4.75. The summed E-state index contributed by atoms with van der Waals surface area (Å²) < 4.78 is 15.2. The highest BCUT2D eigenvalue weighted by Gasteiger charge is 2.22. The SMILES string of the molecule is C=C(/C=C(/F)c1[nH]ccc1C)/C(C1=CC(C)C(/C=C/C(=O)O)C=C1)=C(\CC)c1ccc(Cl)cc1Cl. The van der Waals surface area contributed by atoms with Crippen molar-refractivity contribution in [3.63, 3.8) is 0 Å². The maximum absolute atomic E-state index is 15.2. The second-order valence-electron chi connectivity index (χ2n) is 8.50. The highest BCUT2D eigenvalue weighted by molar-refractivity contribution is 6.35. The number of allylic oxidation sites excluding steroid dienone is 9. The van der Waals surface area contributed by atoms with E-state index in [1.807, 2.05) is 45.1 Å². The van der Waals surface area contributed by atoms with Crippen LogP contribution in [0, 0.1) is 18.8 Å². The van der Waals surface area contributed by atoms with Crippen LogP contribution < -0.4 is 0 Å². The predicted molar refractivity (Wildman–Crippen MR) is 144 cm³/mol. The summed E-state index contributed by atoms with van der Waals surface area (Å²) in [5.41, 5.74) is 5.07. The molecule has 0 saturated carbocycles. The van der Waals surface area contributed by atoms with Crippen molar-refractivity contribution >= 4 is 40.6 Å².